The summed E-state index contributed by atoms with van der Waals surface area (Å²) in [4.78, 5) is 2.33. The Kier molecular flexibility index (Phi) is 2.79. The second-order valence-electron chi connectivity index (χ2n) is 7.53. The molecule has 3 aromatic carbocycles. The van der Waals surface area contributed by atoms with Crippen molar-refractivity contribution in [2.45, 2.75) is 0 Å². The van der Waals surface area contributed by atoms with Gasteiger partial charge in [0.2, 0.25) is 0 Å². The van der Waals surface area contributed by atoms with Crippen LogP contribution in [0.4, 0.5) is 17.2 Å². The van der Waals surface area contributed by atoms with E-state index in [-0.39, 0.29) is 6.98 Å². The highest BCUT2D eigenvalue weighted by Gasteiger charge is 2.42. The maximum Gasteiger partial charge on any atom is 0.429 e. The minimum Gasteiger partial charge on any atom is -0.442 e. The van der Waals surface area contributed by atoms with Gasteiger partial charge in [0.15, 0.2) is 5.88 Å². The molecule has 0 saturated carbocycles. The summed E-state index contributed by atoms with van der Waals surface area (Å²) in [5.74, 6) is 2.98. The summed E-state index contributed by atoms with van der Waals surface area (Å²) in [5.41, 5.74) is 3.50. The van der Waals surface area contributed by atoms with Crippen LogP contribution < -0.4 is 15.1 Å². The molecule has 4 heterocycles. The molecule has 7 rings (SSSR count). The van der Waals surface area contributed by atoms with Crippen molar-refractivity contribution in [3.63, 3.8) is 0 Å². The summed E-state index contributed by atoms with van der Waals surface area (Å²) >= 11 is 0. The van der Waals surface area contributed by atoms with Gasteiger partial charge in [-0.15, -0.1) is 0 Å². The Morgan fingerprint density at radius 3 is 2.45 bits per heavy atom. The van der Waals surface area contributed by atoms with Crippen LogP contribution in [0.25, 0.3) is 10.8 Å². The fourth-order valence-electron chi connectivity index (χ4n) is 4.80. The van der Waals surface area contributed by atoms with E-state index in [1.807, 2.05) is 6.07 Å². The standard InChI is InChI=1S/C24H16BN3O/c1-2-9-18(10-3-1)28-20-16-17-8-4-5-11-19(17)24-23(20)25(26-14-6-12-21(26)28)27-15-7-13-22(27)29-24/h1-16H. The lowest BCUT2D eigenvalue weighted by Gasteiger charge is -2.39. The third-order valence-corrected chi connectivity index (χ3v) is 5.99. The van der Waals surface area contributed by atoms with Crippen molar-refractivity contribution in [3.8, 4) is 11.6 Å². The molecule has 0 atom stereocenters. The highest BCUT2D eigenvalue weighted by Crippen LogP contribution is 2.45. The topological polar surface area (TPSA) is 22.3 Å². The summed E-state index contributed by atoms with van der Waals surface area (Å²) in [6.45, 7) is 0.0355. The molecule has 0 radical (unpaired) electrons. The van der Waals surface area contributed by atoms with E-state index >= 15 is 0 Å². The molecule has 0 N–H and O–H groups in total. The Morgan fingerprint density at radius 2 is 1.52 bits per heavy atom. The Bertz CT molecular complexity index is 1400. The molecule has 136 valence electrons. The van der Waals surface area contributed by atoms with Crippen molar-refractivity contribution in [2.24, 2.45) is 0 Å². The second kappa shape index (κ2) is 5.36. The van der Waals surface area contributed by atoms with Crippen LogP contribution in [-0.2, 0) is 0 Å². The zero-order chi connectivity index (χ0) is 18.9. The third kappa shape index (κ3) is 1.89. The fourth-order valence-corrected chi connectivity index (χ4v) is 4.80. The maximum atomic E-state index is 6.48. The number of hydrogen-bond acceptors (Lipinski definition) is 2. The maximum absolute atomic E-state index is 6.48. The van der Waals surface area contributed by atoms with Gasteiger partial charge in [0.05, 0.1) is 5.69 Å². The molecule has 29 heavy (non-hydrogen) atoms. The first kappa shape index (κ1) is 15.1. The molecule has 0 aliphatic carbocycles. The summed E-state index contributed by atoms with van der Waals surface area (Å²) in [6.07, 6.45) is 4.26. The molecule has 0 unspecified atom stereocenters. The summed E-state index contributed by atoms with van der Waals surface area (Å²) < 4.78 is 11.0. The first-order valence-corrected chi connectivity index (χ1v) is 9.82. The van der Waals surface area contributed by atoms with Gasteiger partial charge in [-0.1, -0.05) is 42.5 Å². The van der Waals surface area contributed by atoms with E-state index in [1.54, 1.807) is 0 Å². The molecule has 0 spiro atoms. The van der Waals surface area contributed by atoms with E-state index < -0.39 is 0 Å². The predicted molar refractivity (Wildman–Crippen MR) is 117 cm³/mol. The lowest BCUT2D eigenvalue weighted by molar-refractivity contribution is 0.459. The first-order valence-electron chi connectivity index (χ1n) is 9.82. The second-order valence-corrected chi connectivity index (χ2v) is 7.53. The normalized spacial score (nSPS) is 13.7. The van der Waals surface area contributed by atoms with Crippen LogP contribution in [-0.4, -0.2) is 15.9 Å². The van der Waals surface area contributed by atoms with Crippen LogP contribution in [0.3, 0.4) is 0 Å². The van der Waals surface area contributed by atoms with E-state index in [9.17, 15) is 0 Å². The first-order chi connectivity index (χ1) is 14.4. The fraction of sp³-hybridized carbons (Fsp3) is 0. The number of anilines is 3. The lowest BCUT2D eigenvalue weighted by Crippen LogP contribution is -2.52. The van der Waals surface area contributed by atoms with Crippen LogP contribution in [0.5, 0.6) is 11.6 Å². The smallest absolute Gasteiger partial charge is 0.429 e. The van der Waals surface area contributed by atoms with Gasteiger partial charge in [-0.3, -0.25) is 4.90 Å². The third-order valence-electron chi connectivity index (χ3n) is 5.99. The average molecular weight is 373 g/mol. The Morgan fingerprint density at radius 1 is 0.724 bits per heavy atom. The Balaban J connectivity index is 1.64. The predicted octanol–water partition coefficient (Wildman–Crippen LogP) is 5.12. The van der Waals surface area contributed by atoms with Gasteiger partial charge in [0.1, 0.15) is 11.6 Å². The molecule has 5 aromatic rings. The molecule has 0 fully saturated rings. The van der Waals surface area contributed by atoms with Crippen LogP contribution in [0.15, 0.2) is 97.3 Å². The minimum absolute atomic E-state index is 0.0355. The highest BCUT2D eigenvalue weighted by molar-refractivity contribution is 6.75. The molecule has 2 aliphatic heterocycles. The number of benzene rings is 3. The molecule has 0 saturated heterocycles. The van der Waals surface area contributed by atoms with Crippen molar-refractivity contribution in [1.82, 2.24) is 8.96 Å². The zero-order valence-corrected chi connectivity index (χ0v) is 15.6. The van der Waals surface area contributed by atoms with Crippen molar-refractivity contribution in [3.05, 3.63) is 97.3 Å². The number of para-hydroxylation sites is 1. The molecule has 0 amide bonds. The molecular formula is C24H16BN3O. The van der Waals surface area contributed by atoms with Gasteiger partial charge in [-0.05, 0) is 60.2 Å². The molecular weight excluding hydrogens is 357 g/mol. The summed E-state index contributed by atoms with van der Waals surface area (Å²) in [5, 5.41) is 2.33. The largest absolute Gasteiger partial charge is 0.442 e. The Labute approximate surface area is 168 Å². The van der Waals surface area contributed by atoms with Crippen LogP contribution in [0.1, 0.15) is 0 Å². The van der Waals surface area contributed by atoms with Gasteiger partial charge < -0.3 is 13.7 Å². The molecule has 0 bridgehead atoms. The molecule has 5 heteroatoms. The number of aromatic nitrogens is 2. The minimum atomic E-state index is 0.0355. The van der Waals surface area contributed by atoms with E-state index in [4.69, 9.17) is 4.74 Å². The van der Waals surface area contributed by atoms with Crippen molar-refractivity contribution in [1.29, 1.82) is 0 Å². The number of nitrogens with zero attached hydrogens (tertiary/aromatic N) is 3. The summed E-state index contributed by atoms with van der Waals surface area (Å²) in [6, 6.07) is 29.7. The van der Waals surface area contributed by atoms with Crippen LogP contribution in [0.2, 0.25) is 0 Å². The quantitative estimate of drug-likeness (QED) is 0.373. The number of ether oxygens (including phenoxy) is 1. The van der Waals surface area contributed by atoms with Crippen LogP contribution >= 0.6 is 0 Å². The molecule has 2 aromatic heterocycles. The van der Waals surface area contributed by atoms with Crippen LogP contribution in [0, 0.1) is 0 Å². The molecule has 4 nitrogen and oxygen atoms in total. The SMILES string of the molecule is c1ccc(N2c3cc4ccccc4c4c3B(n3cccc3O4)n3cccc32)cc1. The van der Waals surface area contributed by atoms with Gasteiger partial charge in [0.25, 0.3) is 0 Å². The van der Waals surface area contributed by atoms with Gasteiger partial charge >= 0.3 is 6.98 Å². The number of fused-ring (bicyclic) bond motifs is 6. The average Bonchev–Trinajstić information content (AvgIpc) is 3.43. The van der Waals surface area contributed by atoms with Crippen molar-refractivity contribution < 1.29 is 4.74 Å². The number of rotatable bonds is 1. The Hall–Kier alpha value is -3.86. The van der Waals surface area contributed by atoms with Gasteiger partial charge in [-0.25, -0.2) is 0 Å². The summed E-state index contributed by atoms with van der Waals surface area (Å²) in [7, 11) is 0. The van der Waals surface area contributed by atoms with E-state index in [0.29, 0.717) is 0 Å². The monoisotopic (exact) mass is 373 g/mol. The van der Waals surface area contributed by atoms with Gasteiger partial charge in [0, 0.05) is 16.5 Å². The zero-order valence-electron chi connectivity index (χ0n) is 15.6. The van der Waals surface area contributed by atoms with Crippen molar-refractivity contribution >= 4 is 40.4 Å². The van der Waals surface area contributed by atoms with E-state index in [0.717, 1.165) is 28.5 Å². The van der Waals surface area contributed by atoms with E-state index in [1.165, 1.54) is 16.5 Å². The lowest BCUT2D eigenvalue weighted by atomic mass is 9.63. The van der Waals surface area contributed by atoms with Crippen molar-refractivity contribution in [2.75, 3.05) is 4.90 Å². The highest BCUT2D eigenvalue weighted by atomic mass is 16.5. The van der Waals surface area contributed by atoms with Gasteiger partial charge in [-0.2, -0.15) is 0 Å². The van der Waals surface area contributed by atoms with E-state index in [2.05, 4.69) is 105 Å². The number of hydrogen-bond donors (Lipinski definition) is 0. The molecule has 2 aliphatic rings.